The number of aryl methyl sites for hydroxylation is 1. The summed E-state index contributed by atoms with van der Waals surface area (Å²) in [6, 6.07) is 21.1. The Morgan fingerprint density at radius 2 is 1.61 bits per heavy atom. The van der Waals surface area contributed by atoms with Crippen molar-refractivity contribution in [2.45, 2.75) is 57.6 Å². The van der Waals surface area contributed by atoms with Crippen LogP contribution in [-0.4, -0.2) is 43.8 Å². The van der Waals surface area contributed by atoms with Crippen LogP contribution in [-0.2, 0) is 26.2 Å². The summed E-state index contributed by atoms with van der Waals surface area (Å²) >= 11 is 6.41. The van der Waals surface area contributed by atoms with Crippen LogP contribution in [0.4, 0.5) is 5.69 Å². The van der Waals surface area contributed by atoms with Gasteiger partial charge in [-0.3, -0.25) is 13.9 Å². The van der Waals surface area contributed by atoms with E-state index < -0.39 is 28.5 Å². The Bertz CT molecular complexity index is 1370. The smallest absolute Gasteiger partial charge is 0.264 e. The highest BCUT2D eigenvalue weighted by Gasteiger charge is 2.33. The number of halogens is 1. The second-order valence-electron chi connectivity index (χ2n) is 9.28. The van der Waals surface area contributed by atoms with E-state index in [1.54, 1.807) is 49.4 Å². The highest BCUT2D eigenvalue weighted by Crippen LogP contribution is 2.30. The van der Waals surface area contributed by atoms with E-state index in [1.165, 1.54) is 17.0 Å². The van der Waals surface area contributed by atoms with Gasteiger partial charge in [-0.05, 0) is 57.0 Å². The van der Waals surface area contributed by atoms with Gasteiger partial charge < -0.3 is 10.2 Å². The number of sulfonamides is 1. The molecule has 7 nitrogen and oxygen atoms in total. The molecule has 9 heteroatoms. The number of hydrogen-bond acceptors (Lipinski definition) is 4. The van der Waals surface area contributed by atoms with Crippen molar-refractivity contribution in [1.82, 2.24) is 10.2 Å². The Balaban J connectivity index is 2.03. The van der Waals surface area contributed by atoms with Crippen LogP contribution < -0.4 is 9.62 Å². The zero-order chi connectivity index (χ0) is 27.9. The molecule has 0 aliphatic carbocycles. The number of para-hydroxylation sites is 1. The van der Waals surface area contributed by atoms with Gasteiger partial charge >= 0.3 is 0 Å². The van der Waals surface area contributed by atoms with E-state index in [-0.39, 0.29) is 34.1 Å². The van der Waals surface area contributed by atoms with Crippen LogP contribution in [0.15, 0.2) is 83.8 Å². The SMILES string of the molecule is CC[C@@H](C)NC(=O)[C@@H](C)N(Cc1cccc(C)c1)C(=O)CN(c1ccccc1Cl)S(=O)(=O)c1ccccc1. The maximum atomic E-state index is 13.9. The minimum atomic E-state index is -4.15. The van der Waals surface area contributed by atoms with Gasteiger partial charge in [0, 0.05) is 12.6 Å². The van der Waals surface area contributed by atoms with Crippen LogP contribution in [0.2, 0.25) is 5.02 Å². The van der Waals surface area contributed by atoms with Gasteiger partial charge in [0.15, 0.2) is 0 Å². The van der Waals surface area contributed by atoms with Crippen LogP contribution in [0.3, 0.4) is 0 Å². The van der Waals surface area contributed by atoms with Gasteiger partial charge in [-0.25, -0.2) is 8.42 Å². The second-order valence-corrected chi connectivity index (χ2v) is 11.6. The minimum absolute atomic E-state index is 0.0283. The summed E-state index contributed by atoms with van der Waals surface area (Å²) in [5.74, 6) is -0.840. The fourth-order valence-corrected chi connectivity index (χ4v) is 5.68. The van der Waals surface area contributed by atoms with Gasteiger partial charge in [0.2, 0.25) is 11.8 Å². The average Bonchev–Trinajstić information content (AvgIpc) is 2.90. The molecule has 1 N–H and O–H groups in total. The predicted octanol–water partition coefficient (Wildman–Crippen LogP) is 5.18. The molecule has 38 heavy (non-hydrogen) atoms. The number of carbonyl (C=O) groups excluding carboxylic acids is 2. The predicted molar refractivity (Wildman–Crippen MR) is 152 cm³/mol. The van der Waals surface area contributed by atoms with Crippen LogP contribution in [0.1, 0.15) is 38.3 Å². The average molecular weight is 556 g/mol. The monoisotopic (exact) mass is 555 g/mol. The van der Waals surface area contributed by atoms with Crippen LogP contribution >= 0.6 is 11.6 Å². The third-order valence-electron chi connectivity index (χ3n) is 6.33. The van der Waals surface area contributed by atoms with E-state index in [0.717, 1.165) is 21.9 Å². The summed E-state index contributed by atoms with van der Waals surface area (Å²) in [5.41, 5.74) is 2.02. The highest BCUT2D eigenvalue weighted by molar-refractivity contribution is 7.92. The van der Waals surface area contributed by atoms with Crippen molar-refractivity contribution >= 4 is 39.1 Å². The summed E-state index contributed by atoms with van der Waals surface area (Å²) in [6.07, 6.45) is 0.736. The Morgan fingerprint density at radius 1 is 0.947 bits per heavy atom. The van der Waals surface area contributed by atoms with Crippen LogP contribution in [0.25, 0.3) is 0 Å². The first-order valence-corrected chi connectivity index (χ1v) is 14.3. The fraction of sp³-hybridized carbons (Fsp3) is 0.310. The quantitative estimate of drug-likeness (QED) is 0.353. The number of anilines is 1. The Hall–Kier alpha value is -3.36. The number of amides is 2. The molecule has 3 aromatic carbocycles. The molecule has 3 aromatic rings. The van der Waals surface area contributed by atoms with Crippen LogP contribution in [0, 0.1) is 6.92 Å². The Morgan fingerprint density at radius 3 is 2.24 bits per heavy atom. The van der Waals surface area contributed by atoms with E-state index in [1.807, 2.05) is 45.0 Å². The van der Waals surface area contributed by atoms with Gasteiger partial charge in [-0.1, -0.05) is 78.7 Å². The second kappa shape index (κ2) is 12.9. The maximum Gasteiger partial charge on any atom is 0.264 e. The molecule has 0 radical (unpaired) electrons. The minimum Gasteiger partial charge on any atom is -0.352 e. The fourth-order valence-electron chi connectivity index (χ4n) is 3.94. The molecule has 202 valence electrons. The first-order chi connectivity index (χ1) is 18.0. The molecule has 0 fully saturated rings. The number of benzene rings is 3. The molecule has 0 bridgehead atoms. The van der Waals surface area contributed by atoms with E-state index in [2.05, 4.69) is 5.32 Å². The van der Waals surface area contributed by atoms with Gasteiger partial charge in [-0.15, -0.1) is 0 Å². The van der Waals surface area contributed by atoms with Crippen molar-refractivity contribution in [3.05, 3.63) is 95.0 Å². The third-order valence-corrected chi connectivity index (χ3v) is 8.43. The highest BCUT2D eigenvalue weighted by atomic mass is 35.5. The molecule has 0 heterocycles. The van der Waals surface area contributed by atoms with Crippen molar-refractivity contribution < 1.29 is 18.0 Å². The Kier molecular flexibility index (Phi) is 9.94. The zero-order valence-electron chi connectivity index (χ0n) is 22.1. The molecule has 2 amide bonds. The van der Waals surface area contributed by atoms with Crippen LogP contribution in [0.5, 0.6) is 0 Å². The lowest BCUT2D eigenvalue weighted by atomic mass is 10.1. The lowest BCUT2D eigenvalue weighted by molar-refractivity contribution is -0.139. The normalized spacial score (nSPS) is 12.9. The number of nitrogens with one attached hydrogen (secondary N) is 1. The molecule has 3 rings (SSSR count). The molecule has 0 saturated heterocycles. The summed E-state index contributed by atoms with van der Waals surface area (Å²) in [5, 5.41) is 3.11. The summed E-state index contributed by atoms with van der Waals surface area (Å²) in [7, 11) is -4.15. The van der Waals surface area contributed by atoms with E-state index >= 15 is 0 Å². The molecule has 0 aromatic heterocycles. The lowest BCUT2D eigenvalue weighted by Gasteiger charge is -2.32. The number of carbonyl (C=O) groups is 2. The third kappa shape index (κ3) is 7.14. The molecule has 0 aliphatic heterocycles. The van der Waals surface area contributed by atoms with Crippen molar-refractivity contribution in [2.24, 2.45) is 0 Å². The van der Waals surface area contributed by atoms with Crippen molar-refractivity contribution in [2.75, 3.05) is 10.8 Å². The molecule has 0 unspecified atom stereocenters. The number of hydrogen-bond donors (Lipinski definition) is 1. The molecule has 0 saturated carbocycles. The van der Waals surface area contributed by atoms with E-state index in [9.17, 15) is 18.0 Å². The van der Waals surface area contributed by atoms with Gasteiger partial charge in [0.1, 0.15) is 12.6 Å². The first-order valence-electron chi connectivity index (χ1n) is 12.5. The van der Waals surface area contributed by atoms with Crippen molar-refractivity contribution in [3.63, 3.8) is 0 Å². The Labute approximate surface area is 230 Å². The van der Waals surface area contributed by atoms with Gasteiger partial charge in [0.25, 0.3) is 10.0 Å². The number of nitrogens with zero attached hydrogens (tertiary/aromatic N) is 2. The maximum absolute atomic E-state index is 13.9. The molecular weight excluding hydrogens is 522 g/mol. The first kappa shape index (κ1) is 29.2. The summed E-state index contributed by atoms with van der Waals surface area (Å²) < 4.78 is 28.5. The van der Waals surface area contributed by atoms with E-state index in [0.29, 0.717) is 0 Å². The van der Waals surface area contributed by atoms with E-state index in [4.69, 9.17) is 11.6 Å². The van der Waals surface area contributed by atoms with Crippen molar-refractivity contribution in [3.8, 4) is 0 Å². The number of rotatable bonds is 11. The largest absolute Gasteiger partial charge is 0.352 e. The summed E-state index contributed by atoms with van der Waals surface area (Å²) in [6.45, 7) is 7.05. The summed E-state index contributed by atoms with van der Waals surface area (Å²) in [4.78, 5) is 28.4. The molecular formula is C29H34ClN3O4S. The molecule has 0 aliphatic rings. The zero-order valence-corrected chi connectivity index (χ0v) is 23.7. The lowest BCUT2D eigenvalue weighted by Crippen LogP contribution is -2.52. The van der Waals surface area contributed by atoms with Gasteiger partial charge in [-0.2, -0.15) is 0 Å². The molecule has 0 spiro atoms. The topological polar surface area (TPSA) is 86.8 Å². The van der Waals surface area contributed by atoms with Gasteiger partial charge in [0.05, 0.1) is 15.6 Å². The van der Waals surface area contributed by atoms with Crippen molar-refractivity contribution in [1.29, 1.82) is 0 Å². The molecule has 2 atom stereocenters. The standard InChI is InChI=1S/C29H34ClN3O4S/c1-5-22(3)31-29(35)23(4)32(19-24-13-11-12-21(2)18-24)28(34)20-33(27-17-10-9-16-26(27)30)38(36,37)25-14-7-6-8-15-25/h6-18,22-23H,5,19-20H2,1-4H3,(H,31,35)/t22-,23-/m1/s1.